The summed E-state index contributed by atoms with van der Waals surface area (Å²) in [6.07, 6.45) is 7.49. The molecule has 5 aromatic heterocycles. The van der Waals surface area contributed by atoms with Crippen LogP contribution in [0.3, 0.4) is 0 Å². The third kappa shape index (κ3) is 3.24. The standard InChI is InChI=1S/C28H20N8/c29-16-18-7-9-20(10-8-18)25-21(19-5-2-1-3-6-19)15-22-23(31-25)11-14-36-26(22)33-34-27(36)24-17-35-13-4-12-30-28(35)32-24/h1-15,17H,16,29H2. The summed E-state index contributed by atoms with van der Waals surface area (Å²) >= 11 is 0. The molecule has 0 saturated heterocycles. The van der Waals surface area contributed by atoms with Crippen LogP contribution >= 0.6 is 0 Å². The van der Waals surface area contributed by atoms with Gasteiger partial charge in [-0.1, -0.05) is 54.6 Å². The molecule has 2 N–H and O–H groups in total. The summed E-state index contributed by atoms with van der Waals surface area (Å²) < 4.78 is 3.82. The predicted octanol–water partition coefficient (Wildman–Crippen LogP) is 4.78. The number of imidazole rings is 1. The Morgan fingerprint density at radius 1 is 0.806 bits per heavy atom. The number of pyridine rings is 2. The van der Waals surface area contributed by atoms with E-state index in [9.17, 15) is 0 Å². The summed E-state index contributed by atoms with van der Waals surface area (Å²) in [7, 11) is 0. The van der Waals surface area contributed by atoms with Crippen molar-refractivity contribution in [3.63, 3.8) is 0 Å². The van der Waals surface area contributed by atoms with E-state index >= 15 is 0 Å². The van der Waals surface area contributed by atoms with Crippen LogP contribution in [0.15, 0.2) is 97.6 Å². The van der Waals surface area contributed by atoms with Crippen LogP contribution in [-0.4, -0.2) is 34.0 Å². The van der Waals surface area contributed by atoms with Gasteiger partial charge in [-0.3, -0.25) is 8.80 Å². The highest BCUT2D eigenvalue weighted by atomic mass is 15.3. The lowest BCUT2D eigenvalue weighted by molar-refractivity contribution is 1.07. The summed E-state index contributed by atoms with van der Waals surface area (Å²) in [6.45, 7) is 0.506. The average molecular weight is 469 g/mol. The van der Waals surface area contributed by atoms with Crippen molar-refractivity contribution < 1.29 is 0 Å². The number of nitrogens with zero attached hydrogens (tertiary/aromatic N) is 7. The lowest BCUT2D eigenvalue weighted by atomic mass is 9.97. The number of rotatable bonds is 4. The van der Waals surface area contributed by atoms with Crippen LogP contribution in [0.2, 0.25) is 0 Å². The van der Waals surface area contributed by atoms with E-state index in [1.54, 1.807) is 6.20 Å². The van der Waals surface area contributed by atoms with Crippen molar-refractivity contribution in [2.75, 3.05) is 0 Å². The molecule has 5 heterocycles. The van der Waals surface area contributed by atoms with Crippen LogP contribution in [0.25, 0.3) is 56.2 Å². The predicted molar refractivity (Wildman–Crippen MR) is 139 cm³/mol. The van der Waals surface area contributed by atoms with Crippen LogP contribution in [0, 0.1) is 0 Å². The van der Waals surface area contributed by atoms with E-state index < -0.39 is 0 Å². The Bertz CT molecular complexity index is 1830. The van der Waals surface area contributed by atoms with Gasteiger partial charge in [0.2, 0.25) is 5.78 Å². The van der Waals surface area contributed by atoms with E-state index in [0.29, 0.717) is 23.8 Å². The molecule has 0 spiro atoms. The molecular weight excluding hydrogens is 448 g/mol. The first-order valence-corrected chi connectivity index (χ1v) is 11.6. The van der Waals surface area contributed by atoms with Crippen molar-refractivity contribution in [2.24, 2.45) is 5.73 Å². The fourth-order valence-electron chi connectivity index (χ4n) is 4.56. The van der Waals surface area contributed by atoms with Gasteiger partial charge in [0.25, 0.3) is 0 Å². The second-order valence-electron chi connectivity index (χ2n) is 8.57. The topological polar surface area (TPSA) is 99.3 Å². The Morgan fingerprint density at radius 3 is 2.47 bits per heavy atom. The molecule has 0 fully saturated rings. The van der Waals surface area contributed by atoms with E-state index in [-0.39, 0.29) is 0 Å². The Kier molecular flexibility index (Phi) is 4.58. The van der Waals surface area contributed by atoms with Gasteiger partial charge < -0.3 is 5.73 Å². The molecule has 8 heteroatoms. The van der Waals surface area contributed by atoms with Crippen LogP contribution < -0.4 is 5.73 Å². The zero-order valence-electron chi connectivity index (χ0n) is 19.2. The lowest BCUT2D eigenvalue weighted by Gasteiger charge is -2.12. The molecule has 172 valence electrons. The molecule has 0 amide bonds. The second kappa shape index (κ2) is 8.07. The molecule has 0 atom stereocenters. The van der Waals surface area contributed by atoms with E-state index in [1.165, 1.54) is 0 Å². The van der Waals surface area contributed by atoms with Gasteiger partial charge in [0.15, 0.2) is 11.5 Å². The van der Waals surface area contributed by atoms with Gasteiger partial charge in [-0.15, -0.1) is 10.2 Å². The molecule has 0 aliphatic heterocycles. The molecule has 36 heavy (non-hydrogen) atoms. The number of nitrogens with two attached hydrogens (primary N) is 1. The van der Waals surface area contributed by atoms with Crippen molar-refractivity contribution in [3.8, 4) is 33.9 Å². The zero-order chi connectivity index (χ0) is 24.1. The minimum absolute atomic E-state index is 0.506. The van der Waals surface area contributed by atoms with Gasteiger partial charge in [0, 0.05) is 47.8 Å². The summed E-state index contributed by atoms with van der Waals surface area (Å²) in [5.41, 5.74) is 13.2. The van der Waals surface area contributed by atoms with E-state index in [2.05, 4.69) is 50.5 Å². The van der Waals surface area contributed by atoms with Gasteiger partial charge in [0.05, 0.1) is 11.2 Å². The fourth-order valence-corrected chi connectivity index (χ4v) is 4.56. The Balaban J connectivity index is 1.46. The second-order valence-corrected chi connectivity index (χ2v) is 8.57. The van der Waals surface area contributed by atoms with Crippen molar-refractivity contribution >= 4 is 22.3 Å². The lowest BCUT2D eigenvalue weighted by Crippen LogP contribution is -1.97. The Hall–Kier alpha value is -4.95. The van der Waals surface area contributed by atoms with Gasteiger partial charge >= 0.3 is 0 Å². The quantitative estimate of drug-likeness (QED) is 0.399. The molecule has 0 unspecified atom stereocenters. The number of fused-ring (bicyclic) bond motifs is 4. The highest BCUT2D eigenvalue weighted by Gasteiger charge is 2.17. The molecule has 0 saturated carbocycles. The van der Waals surface area contributed by atoms with Crippen molar-refractivity contribution in [2.45, 2.75) is 6.54 Å². The van der Waals surface area contributed by atoms with Gasteiger partial charge in [-0.05, 0) is 29.3 Å². The summed E-state index contributed by atoms with van der Waals surface area (Å²) in [4.78, 5) is 14.0. The molecule has 0 aliphatic carbocycles. The fraction of sp³-hybridized carbons (Fsp3) is 0.0357. The number of hydrogen-bond donors (Lipinski definition) is 1. The first-order valence-electron chi connectivity index (χ1n) is 11.6. The number of hydrogen-bond acceptors (Lipinski definition) is 6. The SMILES string of the molecule is NCc1ccc(-c2nc3ccn4c(-c5cn6cccnc6n5)nnc4c3cc2-c2ccccc2)cc1. The van der Waals surface area contributed by atoms with Crippen LogP contribution in [0.4, 0.5) is 0 Å². The third-order valence-corrected chi connectivity index (χ3v) is 6.38. The summed E-state index contributed by atoms with van der Waals surface area (Å²) in [5.74, 6) is 1.27. The Labute approximate surface area is 205 Å². The number of benzene rings is 2. The maximum atomic E-state index is 5.81. The van der Waals surface area contributed by atoms with Gasteiger partial charge in [0.1, 0.15) is 5.69 Å². The van der Waals surface area contributed by atoms with E-state index in [4.69, 9.17) is 10.7 Å². The van der Waals surface area contributed by atoms with Crippen LogP contribution in [0.5, 0.6) is 0 Å². The first-order chi connectivity index (χ1) is 17.8. The van der Waals surface area contributed by atoms with Crippen molar-refractivity contribution in [3.05, 3.63) is 103 Å². The molecule has 7 aromatic rings. The number of aromatic nitrogens is 7. The van der Waals surface area contributed by atoms with E-state index in [0.717, 1.165) is 44.5 Å². The molecule has 8 nitrogen and oxygen atoms in total. The third-order valence-electron chi connectivity index (χ3n) is 6.38. The largest absolute Gasteiger partial charge is 0.326 e. The average Bonchev–Trinajstić information content (AvgIpc) is 3.57. The molecule has 0 radical (unpaired) electrons. The summed E-state index contributed by atoms with van der Waals surface area (Å²) in [6, 6.07) is 24.6. The molecule has 0 aliphatic rings. The molecule has 7 rings (SSSR count). The van der Waals surface area contributed by atoms with Crippen molar-refractivity contribution in [1.82, 2.24) is 34.0 Å². The van der Waals surface area contributed by atoms with Gasteiger partial charge in [-0.25, -0.2) is 15.0 Å². The molecule has 0 bridgehead atoms. The minimum atomic E-state index is 0.506. The monoisotopic (exact) mass is 468 g/mol. The first kappa shape index (κ1) is 20.4. The highest BCUT2D eigenvalue weighted by molar-refractivity contribution is 5.98. The van der Waals surface area contributed by atoms with E-state index in [1.807, 2.05) is 69.9 Å². The molecule has 2 aromatic carbocycles. The smallest absolute Gasteiger partial charge is 0.234 e. The normalized spacial score (nSPS) is 11.6. The Morgan fingerprint density at radius 2 is 1.67 bits per heavy atom. The van der Waals surface area contributed by atoms with Crippen LogP contribution in [0.1, 0.15) is 5.56 Å². The minimum Gasteiger partial charge on any atom is -0.326 e. The molecular formula is C28H20N8. The van der Waals surface area contributed by atoms with Gasteiger partial charge in [-0.2, -0.15) is 0 Å². The van der Waals surface area contributed by atoms with Crippen LogP contribution in [-0.2, 0) is 6.54 Å². The maximum absolute atomic E-state index is 5.81. The maximum Gasteiger partial charge on any atom is 0.234 e. The van der Waals surface area contributed by atoms with Crippen molar-refractivity contribution in [1.29, 1.82) is 0 Å². The zero-order valence-corrected chi connectivity index (χ0v) is 19.2. The summed E-state index contributed by atoms with van der Waals surface area (Å²) in [5, 5.41) is 9.94. The highest BCUT2D eigenvalue weighted by Crippen LogP contribution is 2.35.